The van der Waals surface area contributed by atoms with Crippen LogP contribution in [0, 0.1) is 0 Å². The summed E-state index contributed by atoms with van der Waals surface area (Å²) in [6.45, 7) is 7.55. The van der Waals surface area contributed by atoms with Crippen molar-refractivity contribution < 1.29 is 14.3 Å². The number of aliphatic carboxylic acids is 1. The van der Waals surface area contributed by atoms with Crippen molar-refractivity contribution in [3.63, 3.8) is 0 Å². The SMILES string of the molecule is CC(C)(C)c1ccc(-c2nnc(CNCCCC(=O)O)o2)cc1. The van der Waals surface area contributed by atoms with Gasteiger partial charge in [0.05, 0.1) is 6.54 Å². The molecule has 6 heteroatoms. The van der Waals surface area contributed by atoms with Crippen LogP contribution in [0.25, 0.3) is 11.5 Å². The molecule has 1 aromatic carbocycles. The molecule has 0 saturated heterocycles. The van der Waals surface area contributed by atoms with E-state index in [0.29, 0.717) is 31.3 Å². The predicted octanol–water partition coefficient (Wildman–Crippen LogP) is 2.99. The molecule has 0 aliphatic rings. The minimum Gasteiger partial charge on any atom is -0.481 e. The lowest BCUT2D eigenvalue weighted by Gasteiger charge is -2.18. The molecule has 0 aliphatic heterocycles. The summed E-state index contributed by atoms with van der Waals surface area (Å²) in [4.78, 5) is 10.4. The van der Waals surface area contributed by atoms with Crippen LogP contribution < -0.4 is 5.32 Å². The Kier molecular flexibility index (Phi) is 5.50. The first-order valence-corrected chi connectivity index (χ1v) is 7.72. The summed E-state index contributed by atoms with van der Waals surface area (Å²) in [6, 6.07) is 8.11. The van der Waals surface area contributed by atoms with Gasteiger partial charge < -0.3 is 14.8 Å². The fourth-order valence-corrected chi connectivity index (χ4v) is 2.11. The molecule has 23 heavy (non-hydrogen) atoms. The van der Waals surface area contributed by atoms with Gasteiger partial charge in [-0.15, -0.1) is 10.2 Å². The van der Waals surface area contributed by atoms with Gasteiger partial charge in [0, 0.05) is 12.0 Å². The van der Waals surface area contributed by atoms with Gasteiger partial charge in [-0.1, -0.05) is 32.9 Å². The molecule has 2 aromatic rings. The minimum atomic E-state index is -0.786. The number of nitrogens with one attached hydrogen (secondary N) is 1. The zero-order chi connectivity index (χ0) is 16.9. The molecule has 2 N–H and O–H groups in total. The van der Waals surface area contributed by atoms with Crippen LogP contribution in [0.5, 0.6) is 0 Å². The molecule has 0 fully saturated rings. The van der Waals surface area contributed by atoms with Crippen LogP contribution in [0.3, 0.4) is 0 Å². The van der Waals surface area contributed by atoms with Crippen molar-refractivity contribution in [1.29, 1.82) is 0 Å². The van der Waals surface area contributed by atoms with Crippen molar-refractivity contribution >= 4 is 5.97 Å². The Bertz CT molecular complexity index is 642. The van der Waals surface area contributed by atoms with Crippen molar-refractivity contribution in [2.24, 2.45) is 0 Å². The molecule has 0 radical (unpaired) electrons. The van der Waals surface area contributed by atoms with Crippen LogP contribution >= 0.6 is 0 Å². The van der Waals surface area contributed by atoms with E-state index < -0.39 is 5.97 Å². The Morgan fingerprint density at radius 1 is 1.22 bits per heavy atom. The summed E-state index contributed by atoms with van der Waals surface area (Å²) in [5.41, 5.74) is 2.25. The first kappa shape index (κ1) is 17.1. The number of carboxylic acid groups (broad SMARTS) is 1. The minimum absolute atomic E-state index is 0.110. The Hall–Kier alpha value is -2.21. The topological polar surface area (TPSA) is 88.2 Å². The van der Waals surface area contributed by atoms with E-state index in [1.54, 1.807) is 0 Å². The maximum Gasteiger partial charge on any atom is 0.303 e. The fourth-order valence-electron chi connectivity index (χ4n) is 2.11. The lowest BCUT2D eigenvalue weighted by Crippen LogP contribution is -2.15. The molecule has 0 spiro atoms. The molecule has 1 heterocycles. The molecule has 0 aliphatic carbocycles. The zero-order valence-electron chi connectivity index (χ0n) is 13.8. The Balaban J connectivity index is 1.90. The first-order valence-electron chi connectivity index (χ1n) is 7.72. The van der Waals surface area contributed by atoms with Gasteiger partial charge in [-0.25, -0.2) is 0 Å². The number of hydrogen-bond acceptors (Lipinski definition) is 5. The fraction of sp³-hybridized carbons (Fsp3) is 0.471. The van der Waals surface area contributed by atoms with Gasteiger partial charge in [0.2, 0.25) is 11.8 Å². The number of hydrogen-bond donors (Lipinski definition) is 2. The lowest BCUT2D eigenvalue weighted by molar-refractivity contribution is -0.137. The van der Waals surface area contributed by atoms with Crippen molar-refractivity contribution in [1.82, 2.24) is 15.5 Å². The highest BCUT2D eigenvalue weighted by Crippen LogP contribution is 2.25. The van der Waals surface area contributed by atoms with Gasteiger partial charge >= 0.3 is 5.97 Å². The summed E-state index contributed by atoms with van der Waals surface area (Å²) >= 11 is 0. The highest BCUT2D eigenvalue weighted by atomic mass is 16.4. The lowest BCUT2D eigenvalue weighted by atomic mass is 9.87. The molecule has 6 nitrogen and oxygen atoms in total. The van der Waals surface area contributed by atoms with Crippen molar-refractivity contribution in [2.75, 3.05) is 6.54 Å². The quantitative estimate of drug-likeness (QED) is 0.763. The molecule has 124 valence electrons. The van der Waals surface area contributed by atoms with Crippen LogP contribution in [0.1, 0.15) is 45.1 Å². The van der Waals surface area contributed by atoms with Gasteiger partial charge in [0.15, 0.2) is 0 Å². The summed E-state index contributed by atoms with van der Waals surface area (Å²) in [5.74, 6) is 0.202. The summed E-state index contributed by atoms with van der Waals surface area (Å²) in [7, 11) is 0. The Morgan fingerprint density at radius 3 is 2.52 bits per heavy atom. The summed E-state index contributed by atoms with van der Waals surface area (Å²) in [6.07, 6.45) is 0.729. The number of aromatic nitrogens is 2. The summed E-state index contributed by atoms with van der Waals surface area (Å²) in [5, 5.41) is 19.7. The van der Waals surface area contributed by atoms with E-state index in [9.17, 15) is 4.79 Å². The third kappa shape index (κ3) is 5.17. The van der Waals surface area contributed by atoms with E-state index >= 15 is 0 Å². The van der Waals surface area contributed by atoms with Gasteiger partial charge in [-0.3, -0.25) is 4.79 Å². The van der Waals surface area contributed by atoms with E-state index in [0.717, 1.165) is 5.56 Å². The van der Waals surface area contributed by atoms with Crippen LogP contribution in [-0.2, 0) is 16.8 Å². The average Bonchev–Trinajstić information content (AvgIpc) is 2.95. The van der Waals surface area contributed by atoms with Crippen LogP contribution in [0.4, 0.5) is 0 Å². The van der Waals surface area contributed by atoms with E-state index in [1.165, 1.54) is 5.56 Å². The van der Waals surface area contributed by atoms with E-state index in [-0.39, 0.29) is 11.8 Å². The molecule has 0 bridgehead atoms. The average molecular weight is 317 g/mol. The van der Waals surface area contributed by atoms with Crippen LogP contribution in [-0.4, -0.2) is 27.8 Å². The molecular formula is C17H23N3O3. The second kappa shape index (κ2) is 7.37. The largest absolute Gasteiger partial charge is 0.481 e. The number of rotatable bonds is 7. The van der Waals surface area contributed by atoms with Gasteiger partial charge in [-0.2, -0.15) is 0 Å². The van der Waals surface area contributed by atoms with Crippen molar-refractivity contribution in [3.8, 4) is 11.5 Å². The normalized spacial score (nSPS) is 11.6. The van der Waals surface area contributed by atoms with Gasteiger partial charge in [0.1, 0.15) is 0 Å². The molecule has 1 aromatic heterocycles. The molecular weight excluding hydrogens is 294 g/mol. The van der Waals surface area contributed by atoms with Crippen LogP contribution in [0.15, 0.2) is 28.7 Å². The standard InChI is InChI=1S/C17H23N3O3/c1-17(2,3)13-8-6-12(7-9-13)16-20-19-14(23-16)11-18-10-4-5-15(21)22/h6-9,18H,4-5,10-11H2,1-3H3,(H,21,22). The molecule has 0 unspecified atom stereocenters. The van der Waals surface area contributed by atoms with Gasteiger partial charge in [0.25, 0.3) is 0 Å². The van der Waals surface area contributed by atoms with E-state index in [4.69, 9.17) is 9.52 Å². The second-order valence-electron chi connectivity index (χ2n) is 6.50. The molecule has 2 rings (SSSR count). The monoisotopic (exact) mass is 317 g/mol. The van der Waals surface area contributed by atoms with Crippen LogP contribution in [0.2, 0.25) is 0 Å². The maximum absolute atomic E-state index is 10.4. The predicted molar refractivity (Wildman–Crippen MR) is 87.0 cm³/mol. The highest BCUT2D eigenvalue weighted by Gasteiger charge is 2.14. The van der Waals surface area contributed by atoms with E-state index in [2.05, 4.69) is 48.4 Å². The van der Waals surface area contributed by atoms with Crippen molar-refractivity contribution in [3.05, 3.63) is 35.7 Å². The maximum atomic E-state index is 10.4. The molecule has 0 amide bonds. The smallest absolute Gasteiger partial charge is 0.303 e. The third-order valence-corrected chi connectivity index (χ3v) is 3.49. The number of carbonyl (C=O) groups is 1. The Morgan fingerprint density at radius 2 is 1.91 bits per heavy atom. The van der Waals surface area contributed by atoms with E-state index in [1.807, 2.05) is 12.1 Å². The van der Waals surface area contributed by atoms with Gasteiger partial charge in [-0.05, 0) is 36.1 Å². The molecule has 0 saturated carbocycles. The first-order chi connectivity index (χ1) is 10.9. The summed E-state index contributed by atoms with van der Waals surface area (Å²) < 4.78 is 5.62. The zero-order valence-corrected chi connectivity index (χ0v) is 13.8. The third-order valence-electron chi connectivity index (χ3n) is 3.49. The van der Waals surface area contributed by atoms with Crippen molar-refractivity contribution in [2.45, 2.75) is 45.6 Å². The molecule has 0 atom stereocenters. The number of benzene rings is 1. The number of carboxylic acids is 1. The Labute approximate surface area is 135 Å². The highest BCUT2D eigenvalue weighted by molar-refractivity contribution is 5.66. The second-order valence-corrected chi connectivity index (χ2v) is 6.50. The number of nitrogens with zero attached hydrogens (tertiary/aromatic N) is 2.